The van der Waals surface area contributed by atoms with Crippen molar-refractivity contribution in [2.24, 2.45) is 29.6 Å². The molecular weight excluding hydrogens is 244 g/mol. The maximum Gasteiger partial charge on any atom is 0.00159 e. The summed E-state index contributed by atoms with van der Waals surface area (Å²) in [5.74, 6) is 4.97. The average Bonchev–Trinajstić information content (AvgIpc) is 2.47. The maximum atomic E-state index is 2.77. The molecule has 118 valence electrons. The van der Waals surface area contributed by atoms with Crippen molar-refractivity contribution in [3.63, 3.8) is 0 Å². The molecule has 1 saturated carbocycles. The van der Waals surface area contributed by atoms with Crippen LogP contribution in [0.3, 0.4) is 0 Å². The maximum absolute atomic E-state index is 2.77. The zero-order valence-electron chi connectivity index (χ0n) is 14.4. The molecule has 2 unspecified atom stereocenters. The monoisotopic (exact) mass is 280 g/mol. The van der Waals surface area contributed by atoms with Gasteiger partial charge in [0.1, 0.15) is 0 Å². The Morgan fingerprint density at radius 2 is 1.55 bits per heavy atom. The third kappa shape index (κ3) is 3.57. The second-order valence-electron chi connectivity index (χ2n) is 7.52. The van der Waals surface area contributed by atoms with E-state index < -0.39 is 0 Å². The molecule has 20 heavy (non-hydrogen) atoms. The summed E-state index contributed by atoms with van der Waals surface area (Å²) in [5, 5.41) is 0. The minimum atomic E-state index is 0.892. The minimum absolute atomic E-state index is 0.892. The van der Waals surface area contributed by atoms with Crippen LogP contribution < -0.4 is 0 Å². The quantitative estimate of drug-likeness (QED) is 0.779. The highest BCUT2D eigenvalue weighted by Crippen LogP contribution is 2.45. The number of hydrogen-bond donors (Lipinski definition) is 0. The van der Waals surface area contributed by atoms with Crippen molar-refractivity contribution in [1.82, 2.24) is 9.80 Å². The summed E-state index contributed by atoms with van der Waals surface area (Å²) in [6.45, 7) is 15.7. The summed E-state index contributed by atoms with van der Waals surface area (Å²) in [6, 6.07) is 0. The molecule has 2 nitrogen and oxygen atoms in total. The first-order valence-electron chi connectivity index (χ1n) is 9.04. The molecule has 0 radical (unpaired) electrons. The second-order valence-corrected chi connectivity index (χ2v) is 7.52. The van der Waals surface area contributed by atoms with E-state index in [1.807, 2.05) is 13.8 Å². The predicted molar refractivity (Wildman–Crippen MR) is 87.9 cm³/mol. The van der Waals surface area contributed by atoms with Crippen molar-refractivity contribution in [2.45, 2.75) is 47.0 Å². The fourth-order valence-corrected chi connectivity index (χ4v) is 4.62. The van der Waals surface area contributed by atoms with Gasteiger partial charge in [0.25, 0.3) is 0 Å². The van der Waals surface area contributed by atoms with Gasteiger partial charge >= 0.3 is 0 Å². The molecule has 3 aliphatic rings. The lowest BCUT2D eigenvalue weighted by molar-refractivity contribution is -0.0528. The highest BCUT2D eigenvalue weighted by atomic mass is 15.2. The van der Waals surface area contributed by atoms with Crippen molar-refractivity contribution in [2.75, 3.05) is 39.8 Å². The summed E-state index contributed by atoms with van der Waals surface area (Å²) in [5.41, 5.74) is 0. The van der Waals surface area contributed by atoms with Crippen LogP contribution in [0.15, 0.2) is 0 Å². The van der Waals surface area contributed by atoms with E-state index in [2.05, 4.69) is 30.7 Å². The SMILES string of the molecule is CC.CC(C)C1CCN(CC2C3CC2CN(C)C3)CC1. The Morgan fingerprint density at radius 3 is 2.05 bits per heavy atom. The topological polar surface area (TPSA) is 6.48 Å². The molecule has 2 saturated heterocycles. The van der Waals surface area contributed by atoms with Crippen LogP contribution in [0.1, 0.15) is 47.0 Å². The molecule has 3 fully saturated rings. The molecule has 0 aromatic rings. The van der Waals surface area contributed by atoms with Crippen LogP contribution in [0.2, 0.25) is 0 Å². The Balaban J connectivity index is 0.000000704. The lowest BCUT2D eigenvalue weighted by atomic mass is 9.61. The Morgan fingerprint density at radius 1 is 1.00 bits per heavy atom. The number of likely N-dealkylation sites (tertiary alicyclic amines) is 2. The van der Waals surface area contributed by atoms with E-state index >= 15 is 0 Å². The van der Waals surface area contributed by atoms with E-state index in [-0.39, 0.29) is 0 Å². The van der Waals surface area contributed by atoms with Gasteiger partial charge in [0, 0.05) is 19.6 Å². The normalized spacial score (nSPS) is 35.4. The van der Waals surface area contributed by atoms with Crippen molar-refractivity contribution in [1.29, 1.82) is 0 Å². The average molecular weight is 281 g/mol. The van der Waals surface area contributed by atoms with Crippen LogP contribution in [-0.4, -0.2) is 49.6 Å². The van der Waals surface area contributed by atoms with E-state index in [1.54, 1.807) is 0 Å². The molecule has 2 aliphatic heterocycles. The van der Waals surface area contributed by atoms with Crippen LogP contribution in [-0.2, 0) is 0 Å². The van der Waals surface area contributed by atoms with Crippen LogP contribution in [0.4, 0.5) is 0 Å². The molecule has 3 rings (SSSR count). The molecule has 0 spiro atoms. The predicted octanol–water partition coefficient (Wildman–Crippen LogP) is 3.58. The van der Waals surface area contributed by atoms with Gasteiger partial charge in [-0.1, -0.05) is 27.7 Å². The van der Waals surface area contributed by atoms with Crippen LogP contribution >= 0.6 is 0 Å². The molecule has 0 N–H and O–H groups in total. The Hall–Kier alpha value is -0.0800. The zero-order chi connectivity index (χ0) is 14.7. The smallest absolute Gasteiger partial charge is 0.00159 e. The third-order valence-electron chi connectivity index (χ3n) is 5.95. The third-order valence-corrected chi connectivity index (χ3v) is 5.95. The van der Waals surface area contributed by atoms with Crippen molar-refractivity contribution < 1.29 is 0 Å². The fourth-order valence-electron chi connectivity index (χ4n) is 4.62. The lowest BCUT2D eigenvalue weighted by Gasteiger charge is -2.54. The highest BCUT2D eigenvalue weighted by molar-refractivity contribution is 4.97. The Bertz CT molecular complexity index is 269. The largest absolute Gasteiger partial charge is 0.306 e. The molecule has 0 aromatic carbocycles. The van der Waals surface area contributed by atoms with Crippen LogP contribution in [0.5, 0.6) is 0 Å². The summed E-state index contributed by atoms with van der Waals surface area (Å²) in [7, 11) is 2.30. The second kappa shape index (κ2) is 7.26. The summed E-state index contributed by atoms with van der Waals surface area (Å²) < 4.78 is 0. The van der Waals surface area contributed by atoms with E-state index in [1.165, 1.54) is 52.0 Å². The first-order valence-corrected chi connectivity index (χ1v) is 9.04. The van der Waals surface area contributed by atoms with Gasteiger partial charge < -0.3 is 9.80 Å². The Labute approximate surface area is 126 Å². The first kappa shape index (κ1) is 16.3. The molecule has 2 atom stereocenters. The number of hydrogen-bond acceptors (Lipinski definition) is 2. The number of piperidine rings is 3. The molecule has 2 heteroatoms. The molecule has 0 aromatic heterocycles. The van der Waals surface area contributed by atoms with E-state index in [4.69, 9.17) is 0 Å². The van der Waals surface area contributed by atoms with E-state index in [9.17, 15) is 0 Å². The van der Waals surface area contributed by atoms with Crippen molar-refractivity contribution >= 4 is 0 Å². The van der Waals surface area contributed by atoms with Gasteiger partial charge in [0.15, 0.2) is 0 Å². The summed E-state index contributed by atoms with van der Waals surface area (Å²) >= 11 is 0. The van der Waals surface area contributed by atoms with Crippen LogP contribution in [0.25, 0.3) is 0 Å². The summed E-state index contributed by atoms with van der Waals surface area (Å²) in [6.07, 6.45) is 4.41. The van der Waals surface area contributed by atoms with E-state index in [0.717, 1.165) is 29.6 Å². The van der Waals surface area contributed by atoms with Gasteiger partial charge in [-0.25, -0.2) is 0 Å². The zero-order valence-corrected chi connectivity index (χ0v) is 14.4. The number of fused-ring (bicyclic) bond motifs is 2. The van der Waals surface area contributed by atoms with Crippen LogP contribution in [0, 0.1) is 29.6 Å². The number of nitrogens with zero attached hydrogens (tertiary/aromatic N) is 2. The minimum Gasteiger partial charge on any atom is -0.306 e. The number of rotatable bonds is 3. The Kier molecular flexibility index (Phi) is 5.92. The molecule has 2 heterocycles. The van der Waals surface area contributed by atoms with Gasteiger partial charge in [-0.05, 0) is 69.0 Å². The van der Waals surface area contributed by atoms with Crippen molar-refractivity contribution in [3.8, 4) is 0 Å². The van der Waals surface area contributed by atoms with Crippen molar-refractivity contribution in [3.05, 3.63) is 0 Å². The van der Waals surface area contributed by atoms with Gasteiger partial charge in [-0.15, -0.1) is 0 Å². The fraction of sp³-hybridized carbons (Fsp3) is 1.00. The highest BCUT2D eigenvalue weighted by Gasteiger charge is 2.46. The van der Waals surface area contributed by atoms with Gasteiger partial charge in [-0.3, -0.25) is 0 Å². The molecule has 1 aliphatic carbocycles. The molecule has 0 amide bonds. The summed E-state index contributed by atoms with van der Waals surface area (Å²) in [4.78, 5) is 5.31. The molecule has 2 bridgehead atoms. The molecular formula is C18H36N2. The van der Waals surface area contributed by atoms with Gasteiger partial charge in [0.05, 0.1) is 0 Å². The lowest BCUT2D eigenvalue weighted by Crippen LogP contribution is -2.57. The first-order chi connectivity index (χ1) is 9.63. The van der Waals surface area contributed by atoms with Gasteiger partial charge in [-0.2, -0.15) is 0 Å². The van der Waals surface area contributed by atoms with E-state index in [0.29, 0.717) is 0 Å². The standard InChI is InChI=1S/C16H30N2.C2H6/c1-12(2)13-4-6-18(7-5-13)11-16-14-8-15(16)10-17(3)9-14;1-2/h12-16H,4-11H2,1-3H3;1-2H3. The van der Waals surface area contributed by atoms with Gasteiger partial charge in [0.2, 0.25) is 0 Å².